The van der Waals surface area contributed by atoms with E-state index >= 15 is 0 Å². The van der Waals surface area contributed by atoms with Gasteiger partial charge in [-0.3, -0.25) is 14.4 Å². The lowest BCUT2D eigenvalue weighted by Gasteiger charge is -2.35. The van der Waals surface area contributed by atoms with Crippen molar-refractivity contribution in [3.8, 4) is 0 Å². The molecule has 6 nitrogen and oxygen atoms in total. The number of benzene rings is 1. The van der Waals surface area contributed by atoms with Crippen LogP contribution in [0.25, 0.3) is 0 Å². The molecule has 0 saturated carbocycles. The van der Waals surface area contributed by atoms with E-state index in [2.05, 4.69) is 5.32 Å². The van der Waals surface area contributed by atoms with Gasteiger partial charge in [0.2, 0.25) is 11.8 Å². The molecule has 1 aromatic carbocycles. The van der Waals surface area contributed by atoms with E-state index in [0.717, 1.165) is 5.56 Å². The smallest absolute Gasteiger partial charge is 0.251 e. The Bertz CT molecular complexity index is 617. The van der Waals surface area contributed by atoms with E-state index in [-0.39, 0.29) is 30.3 Å². The van der Waals surface area contributed by atoms with Gasteiger partial charge in [0, 0.05) is 24.9 Å². The molecule has 1 N–H and O–H groups in total. The summed E-state index contributed by atoms with van der Waals surface area (Å²) in [6.45, 7) is 0.528. The molecule has 2 saturated heterocycles. The molecule has 3 amide bonds. The van der Waals surface area contributed by atoms with E-state index in [1.807, 2.05) is 12.1 Å². The molecule has 1 aromatic rings. The molecule has 2 aliphatic rings. The molecule has 1 atom stereocenters. The van der Waals surface area contributed by atoms with Crippen molar-refractivity contribution in [3.63, 3.8) is 0 Å². The Kier molecular flexibility index (Phi) is 4.06. The Hall–Kier alpha value is -2.02. The van der Waals surface area contributed by atoms with Gasteiger partial charge in [-0.2, -0.15) is 0 Å². The SMILES string of the molecule is CNC(=O)c1ccc(CN2CC(=O)N3CSCC3C2=O)cc1. The minimum absolute atomic E-state index is 0.0107. The first-order valence-electron chi connectivity index (χ1n) is 7.07. The molecule has 0 spiro atoms. The van der Waals surface area contributed by atoms with Crippen molar-refractivity contribution in [2.45, 2.75) is 12.6 Å². The Balaban J connectivity index is 1.71. The van der Waals surface area contributed by atoms with Crippen LogP contribution in [0.5, 0.6) is 0 Å². The fourth-order valence-electron chi connectivity index (χ4n) is 2.70. The van der Waals surface area contributed by atoms with Gasteiger partial charge in [0.05, 0.1) is 5.88 Å². The molecule has 3 rings (SSSR count). The fourth-order valence-corrected chi connectivity index (χ4v) is 3.87. The fraction of sp³-hybridized carbons (Fsp3) is 0.400. The van der Waals surface area contributed by atoms with Gasteiger partial charge in [-0.05, 0) is 17.7 Å². The highest BCUT2D eigenvalue weighted by molar-refractivity contribution is 7.99. The number of rotatable bonds is 3. The van der Waals surface area contributed by atoms with Crippen molar-refractivity contribution in [1.82, 2.24) is 15.1 Å². The number of hydrogen-bond acceptors (Lipinski definition) is 4. The van der Waals surface area contributed by atoms with Gasteiger partial charge < -0.3 is 15.1 Å². The van der Waals surface area contributed by atoms with Gasteiger partial charge in [0.1, 0.15) is 12.6 Å². The van der Waals surface area contributed by atoms with Crippen LogP contribution in [0, 0.1) is 0 Å². The van der Waals surface area contributed by atoms with Crippen LogP contribution in [0.2, 0.25) is 0 Å². The van der Waals surface area contributed by atoms with E-state index in [9.17, 15) is 14.4 Å². The molecule has 116 valence electrons. The zero-order valence-electron chi connectivity index (χ0n) is 12.2. The number of hydrogen-bond donors (Lipinski definition) is 1. The molecule has 22 heavy (non-hydrogen) atoms. The number of carbonyl (C=O) groups is 3. The molecule has 0 bridgehead atoms. The lowest BCUT2D eigenvalue weighted by atomic mass is 10.1. The number of piperazine rings is 1. The van der Waals surface area contributed by atoms with Gasteiger partial charge in [-0.15, -0.1) is 11.8 Å². The van der Waals surface area contributed by atoms with Crippen molar-refractivity contribution < 1.29 is 14.4 Å². The molecular weight excluding hydrogens is 302 g/mol. The highest BCUT2D eigenvalue weighted by Gasteiger charge is 2.42. The molecule has 0 radical (unpaired) electrons. The van der Waals surface area contributed by atoms with Crippen LogP contribution in [0.1, 0.15) is 15.9 Å². The second kappa shape index (κ2) is 6.00. The highest BCUT2D eigenvalue weighted by atomic mass is 32.2. The van der Waals surface area contributed by atoms with Gasteiger partial charge in [-0.1, -0.05) is 12.1 Å². The van der Waals surface area contributed by atoms with Crippen LogP contribution in [0.4, 0.5) is 0 Å². The minimum atomic E-state index is -0.309. The number of thioether (sulfide) groups is 1. The summed E-state index contributed by atoms with van der Waals surface area (Å²) in [5.74, 6) is 1.17. The summed E-state index contributed by atoms with van der Waals surface area (Å²) < 4.78 is 0. The highest BCUT2D eigenvalue weighted by Crippen LogP contribution is 2.26. The zero-order chi connectivity index (χ0) is 15.7. The van der Waals surface area contributed by atoms with Gasteiger partial charge >= 0.3 is 0 Å². The third-order valence-corrected chi connectivity index (χ3v) is 4.95. The van der Waals surface area contributed by atoms with Crippen LogP contribution >= 0.6 is 11.8 Å². The van der Waals surface area contributed by atoms with Gasteiger partial charge in [-0.25, -0.2) is 0 Å². The molecule has 2 heterocycles. The van der Waals surface area contributed by atoms with Gasteiger partial charge in [0.25, 0.3) is 5.91 Å². The van der Waals surface area contributed by atoms with Crippen LogP contribution in [-0.4, -0.2) is 58.8 Å². The van der Waals surface area contributed by atoms with E-state index in [0.29, 0.717) is 23.7 Å². The third kappa shape index (κ3) is 2.68. The minimum Gasteiger partial charge on any atom is -0.355 e. The maximum absolute atomic E-state index is 12.4. The molecule has 0 aromatic heterocycles. The normalized spacial score (nSPS) is 21.0. The first-order valence-corrected chi connectivity index (χ1v) is 8.22. The average Bonchev–Trinajstić information content (AvgIpc) is 3.03. The maximum Gasteiger partial charge on any atom is 0.251 e. The topological polar surface area (TPSA) is 69.7 Å². The van der Waals surface area contributed by atoms with Crippen LogP contribution in [0.3, 0.4) is 0 Å². The monoisotopic (exact) mass is 319 g/mol. The Morgan fingerprint density at radius 1 is 1.32 bits per heavy atom. The summed E-state index contributed by atoms with van der Waals surface area (Å²) >= 11 is 1.62. The first kappa shape index (κ1) is 14.9. The number of nitrogens with zero attached hydrogens (tertiary/aromatic N) is 2. The van der Waals surface area contributed by atoms with E-state index in [1.165, 1.54) is 0 Å². The molecule has 2 aliphatic heterocycles. The summed E-state index contributed by atoms with van der Waals surface area (Å²) in [6.07, 6.45) is 0. The molecule has 0 aliphatic carbocycles. The summed E-state index contributed by atoms with van der Waals surface area (Å²) in [5, 5.41) is 2.56. The average molecular weight is 319 g/mol. The van der Waals surface area contributed by atoms with Crippen LogP contribution < -0.4 is 5.32 Å². The summed E-state index contributed by atoms with van der Waals surface area (Å²) in [7, 11) is 1.58. The number of nitrogens with one attached hydrogen (secondary N) is 1. The van der Waals surface area contributed by atoms with E-state index in [1.54, 1.807) is 40.7 Å². The quantitative estimate of drug-likeness (QED) is 0.869. The molecule has 2 fully saturated rings. The number of carbonyl (C=O) groups excluding carboxylic acids is 3. The Morgan fingerprint density at radius 2 is 2.05 bits per heavy atom. The summed E-state index contributed by atoms with van der Waals surface area (Å²) in [4.78, 5) is 39.3. The maximum atomic E-state index is 12.4. The largest absolute Gasteiger partial charge is 0.355 e. The predicted molar refractivity (Wildman–Crippen MR) is 83.2 cm³/mol. The lowest BCUT2D eigenvalue weighted by molar-refractivity contribution is -0.153. The number of amides is 3. The zero-order valence-corrected chi connectivity index (χ0v) is 13.1. The van der Waals surface area contributed by atoms with Crippen molar-refractivity contribution >= 4 is 29.5 Å². The van der Waals surface area contributed by atoms with Crippen molar-refractivity contribution in [2.75, 3.05) is 25.2 Å². The molecule has 7 heteroatoms. The molecule has 1 unspecified atom stereocenters. The third-order valence-electron chi connectivity index (χ3n) is 3.94. The Labute approximate surface area is 132 Å². The van der Waals surface area contributed by atoms with Crippen LogP contribution in [-0.2, 0) is 16.1 Å². The van der Waals surface area contributed by atoms with E-state index in [4.69, 9.17) is 0 Å². The summed E-state index contributed by atoms with van der Waals surface area (Å²) in [5.41, 5.74) is 1.48. The first-order chi connectivity index (χ1) is 10.6. The summed E-state index contributed by atoms with van der Waals surface area (Å²) in [6, 6.07) is 6.77. The van der Waals surface area contributed by atoms with Crippen molar-refractivity contribution in [3.05, 3.63) is 35.4 Å². The lowest BCUT2D eigenvalue weighted by Crippen LogP contribution is -2.57. The molecular formula is C15H17N3O3S. The second-order valence-electron chi connectivity index (χ2n) is 5.35. The standard InChI is InChI=1S/C15H17N3O3S/c1-16-14(20)11-4-2-10(3-5-11)6-17-7-13(19)18-9-22-8-12(18)15(17)21/h2-5,12H,6-9H2,1H3,(H,16,20). The van der Waals surface area contributed by atoms with Crippen molar-refractivity contribution in [2.24, 2.45) is 0 Å². The number of fused-ring (bicyclic) bond motifs is 1. The van der Waals surface area contributed by atoms with Crippen LogP contribution in [0.15, 0.2) is 24.3 Å². The van der Waals surface area contributed by atoms with E-state index < -0.39 is 0 Å². The Morgan fingerprint density at radius 3 is 2.73 bits per heavy atom. The second-order valence-corrected chi connectivity index (χ2v) is 6.35. The van der Waals surface area contributed by atoms with Crippen molar-refractivity contribution in [1.29, 1.82) is 0 Å². The predicted octanol–water partition coefficient (Wildman–Crippen LogP) is 0.290. The van der Waals surface area contributed by atoms with Gasteiger partial charge in [0.15, 0.2) is 0 Å².